The van der Waals surface area contributed by atoms with Crippen molar-refractivity contribution in [3.8, 4) is 11.5 Å². The van der Waals surface area contributed by atoms with Crippen LogP contribution in [0.3, 0.4) is 0 Å². The van der Waals surface area contributed by atoms with Gasteiger partial charge in [-0.15, -0.1) is 0 Å². The van der Waals surface area contributed by atoms with Crippen molar-refractivity contribution in [2.24, 2.45) is 5.73 Å². The molecule has 41 heavy (non-hydrogen) atoms. The molecule has 0 radical (unpaired) electrons. The van der Waals surface area contributed by atoms with E-state index in [0.717, 1.165) is 72.3 Å². The normalized spacial score (nSPS) is 14.8. The predicted octanol–water partition coefficient (Wildman–Crippen LogP) is 8.37. The quantitative estimate of drug-likeness (QED) is 0.165. The number of hydrogen-bond acceptors (Lipinski definition) is 3. The van der Waals surface area contributed by atoms with Gasteiger partial charge in [0.15, 0.2) is 0 Å². The molecule has 4 heteroatoms. The molecule has 2 atom stereocenters. The van der Waals surface area contributed by atoms with Crippen molar-refractivity contribution in [2.75, 3.05) is 0 Å². The van der Waals surface area contributed by atoms with E-state index >= 15 is 0 Å². The number of aliphatic hydroxyl groups excluding tert-OH is 1. The largest absolute Gasteiger partial charge is 0.457 e. The summed E-state index contributed by atoms with van der Waals surface area (Å²) in [6.45, 7) is 2.13. The number of carbonyl (C=O) groups is 1. The van der Waals surface area contributed by atoms with Crippen LogP contribution in [-0.4, -0.2) is 11.0 Å². The summed E-state index contributed by atoms with van der Waals surface area (Å²) in [6, 6.07) is 34.4. The number of fused-ring (bicyclic) bond motifs is 2. The van der Waals surface area contributed by atoms with E-state index in [1.165, 1.54) is 5.56 Å². The number of unbranched alkanes of at least 4 members (excludes halogenated alkanes) is 3. The number of aryl methyl sites for hydroxylation is 1. The second-order valence-electron chi connectivity index (χ2n) is 11.3. The Morgan fingerprint density at radius 2 is 1.49 bits per heavy atom. The van der Waals surface area contributed by atoms with Gasteiger partial charge in [-0.2, -0.15) is 0 Å². The molecule has 0 bridgehead atoms. The summed E-state index contributed by atoms with van der Waals surface area (Å²) in [5.74, 6) is 0.850. The fourth-order valence-corrected chi connectivity index (χ4v) is 6.44. The fourth-order valence-electron chi connectivity index (χ4n) is 6.44. The lowest BCUT2D eigenvalue weighted by atomic mass is 9.61. The van der Waals surface area contributed by atoms with Gasteiger partial charge in [0.2, 0.25) is 5.91 Å². The number of rotatable bonds is 13. The van der Waals surface area contributed by atoms with Crippen LogP contribution in [0, 0.1) is 0 Å². The first-order valence-corrected chi connectivity index (χ1v) is 15.0. The van der Waals surface area contributed by atoms with Crippen molar-refractivity contribution in [3.63, 3.8) is 0 Å². The molecule has 1 heterocycles. The average Bonchev–Trinajstić information content (AvgIpc) is 3.01. The minimum Gasteiger partial charge on any atom is -0.457 e. The number of nitrogens with two attached hydrogens (primary N) is 1. The van der Waals surface area contributed by atoms with Crippen molar-refractivity contribution < 1.29 is 14.6 Å². The van der Waals surface area contributed by atoms with Gasteiger partial charge in [0, 0.05) is 17.0 Å². The molecule has 0 saturated carbocycles. The van der Waals surface area contributed by atoms with E-state index in [4.69, 9.17) is 10.5 Å². The highest BCUT2D eigenvalue weighted by atomic mass is 16.5. The summed E-state index contributed by atoms with van der Waals surface area (Å²) in [4.78, 5) is 13.8. The first-order chi connectivity index (χ1) is 20.0. The Kier molecular flexibility index (Phi) is 9.21. The van der Waals surface area contributed by atoms with E-state index < -0.39 is 11.5 Å². The van der Waals surface area contributed by atoms with Gasteiger partial charge in [-0.3, -0.25) is 4.79 Å². The van der Waals surface area contributed by atoms with Crippen LogP contribution in [0.25, 0.3) is 0 Å². The molecule has 5 rings (SSSR count). The van der Waals surface area contributed by atoms with Gasteiger partial charge in [0.25, 0.3) is 0 Å². The summed E-state index contributed by atoms with van der Waals surface area (Å²) >= 11 is 0. The third-order valence-electron chi connectivity index (χ3n) is 8.61. The molecule has 3 N–H and O–H groups in total. The fraction of sp³-hybridized carbons (Fsp3) is 0.324. The van der Waals surface area contributed by atoms with E-state index in [0.29, 0.717) is 12.8 Å². The number of carbonyl (C=O) groups excluding carboxylic acids is 1. The Morgan fingerprint density at radius 1 is 0.829 bits per heavy atom. The molecule has 4 nitrogen and oxygen atoms in total. The van der Waals surface area contributed by atoms with E-state index in [1.54, 1.807) is 0 Å². The van der Waals surface area contributed by atoms with Gasteiger partial charge < -0.3 is 15.6 Å². The Balaban J connectivity index is 1.45. The number of ether oxygens (including phenoxy) is 1. The third-order valence-corrected chi connectivity index (χ3v) is 8.61. The molecular formula is C37H41NO3. The van der Waals surface area contributed by atoms with Crippen molar-refractivity contribution >= 4 is 5.91 Å². The van der Waals surface area contributed by atoms with Gasteiger partial charge in [0.05, 0.1) is 11.5 Å². The molecule has 0 aliphatic carbocycles. The van der Waals surface area contributed by atoms with Crippen LogP contribution < -0.4 is 10.5 Å². The molecule has 1 amide bonds. The maximum atomic E-state index is 13.8. The molecule has 1 aliphatic heterocycles. The molecule has 0 fully saturated rings. The predicted molar refractivity (Wildman–Crippen MR) is 165 cm³/mol. The molecule has 212 valence electrons. The van der Waals surface area contributed by atoms with Crippen molar-refractivity contribution in [1.29, 1.82) is 0 Å². The number of aliphatic hydroxyl groups is 1. The lowest BCUT2D eigenvalue weighted by Crippen LogP contribution is -2.47. The molecule has 0 spiro atoms. The SMILES string of the molecule is CCCCC(C(N)=O)(c1cccc(C(O)CCCCCc2ccccc2)c1)C1c2ccccc2Oc2ccccc21. The van der Waals surface area contributed by atoms with E-state index in [9.17, 15) is 9.90 Å². The maximum absolute atomic E-state index is 13.8. The van der Waals surface area contributed by atoms with Crippen LogP contribution >= 0.6 is 0 Å². The monoisotopic (exact) mass is 547 g/mol. The number of benzene rings is 4. The summed E-state index contributed by atoms with van der Waals surface area (Å²) in [6.07, 6.45) is 6.62. The third kappa shape index (κ3) is 6.08. The lowest BCUT2D eigenvalue weighted by molar-refractivity contribution is -0.124. The molecule has 0 saturated heterocycles. The Hall–Kier alpha value is -3.89. The molecular weight excluding hydrogens is 506 g/mol. The number of hydrogen-bond donors (Lipinski definition) is 2. The summed E-state index contributed by atoms with van der Waals surface area (Å²) in [5.41, 5.74) is 10.4. The number of primary amides is 1. The zero-order chi connectivity index (χ0) is 28.7. The smallest absolute Gasteiger partial charge is 0.229 e. The highest BCUT2D eigenvalue weighted by Gasteiger charge is 2.50. The number of para-hydroxylation sites is 2. The summed E-state index contributed by atoms with van der Waals surface area (Å²) < 4.78 is 6.29. The van der Waals surface area contributed by atoms with Gasteiger partial charge in [-0.05, 0) is 54.5 Å². The van der Waals surface area contributed by atoms with Crippen LogP contribution in [-0.2, 0) is 16.6 Å². The summed E-state index contributed by atoms with van der Waals surface area (Å²) in [5, 5.41) is 11.2. The zero-order valence-electron chi connectivity index (χ0n) is 24.0. The first-order valence-electron chi connectivity index (χ1n) is 15.0. The second-order valence-corrected chi connectivity index (χ2v) is 11.3. The highest BCUT2D eigenvalue weighted by Crippen LogP contribution is 2.55. The maximum Gasteiger partial charge on any atom is 0.229 e. The van der Waals surface area contributed by atoms with Gasteiger partial charge in [-0.1, -0.05) is 124 Å². The average molecular weight is 548 g/mol. The first kappa shape index (κ1) is 28.6. The zero-order valence-corrected chi connectivity index (χ0v) is 24.0. The van der Waals surface area contributed by atoms with Gasteiger partial charge >= 0.3 is 0 Å². The van der Waals surface area contributed by atoms with Crippen LogP contribution in [0.2, 0.25) is 0 Å². The van der Waals surface area contributed by atoms with Crippen LogP contribution in [0.15, 0.2) is 103 Å². The summed E-state index contributed by atoms with van der Waals surface area (Å²) in [7, 11) is 0. The molecule has 4 aromatic rings. The Labute approximate surface area is 244 Å². The lowest BCUT2D eigenvalue weighted by Gasteiger charge is -2.42. The Bertz CT molecular complexity index is 1400. The van der Waals surface area contributed by atoms with Crippen LogP contribution in [0.5, 0.6) is 11.5 Å². The van der Waals surface area contributed by atoms with Gasteiger partial charge in [0.1, 0.15) is 11.5 Å². The minimum absolute atomic E-state index is 0.307. The topological polar surface area (TPSA) is 72.6 Å². The molecule has 2 unspecified atom stereocenters. The molecule has 4 aromatic carbocycles. The molecule has 1 aliphatic rings. The number of amides is 1. The standard InChI is InChI=1S/C37H41NO3/c1-2-3-25-37(36(38)40,35-30-20-10-12-23-33(30)41-34-24-13-11-21-31(34)35)29-19-14-18-28(26-29)32(39)22-9-5-8-17-27-15-6-4-7-16-27/h4,6-7,10-16,18-21,23-24,26,32,35,39H,2-3,5,8-9,17,22,25H2,1H3,(H2,38,40). The van der Waals surface area contributed by atoms with Crippen LogP contribution in [0.1, 0.15) is 91.7 Å². The highest BCUT2D eigenvalue weighted by molar-refractivity contribution is 5.90. The minimum atomic E-state index is -1.00. The van der Waals surface area contributed by atoms with E-state index in [-0.39, 0.29) is 11.8 Å². The van der Waals surface area contributed by atoms with E-state index in [1.807, 2.05) is 78.9 Å². The van der Waals surface area contributed by atoms with Crippen molar-refractivity contribution in [3.05, 3.63) is 131 Å². The molecule has 0 aromatic heterocycles. The Morgan fingerprint density at radius 3 is 2.15 bits per heavy atom. The van der Waals surface area contributed by atoms with Gasteiger partial charge in [-0.25, -0.2) is 0 Å². The van der Waals surface area contributed by atoms with Crippen molar-refractivity contribution in [1.82, 2.24) is 0 Å². The van der Waals surface area contributed by atoms with Crippen LogP contribution in [0.4, 0.5) is 0 Å². The second kappa shape index (κ2) is 13.2. The van der Waals surface area contributed by atoms with E-state index in [2.05, 4.69) is 31.2 Å². The van der Waals surface area contributed by atoms with Crippen molar-refractivity contribution in [2.45, 2.75) is 75.7 Å².